The zero-order chi connectivity index (χ0) is 12.3. The van der Waals surface area contributed by atoms with Crippen LogP contribution in [0.3, 0.4) is 0 Å². The Kier molecular flexibility index (Phi) is 4.02. The number of aliphatic carboxylic acids is 1. The Morgan fingerprint density at radius 2 is 1.76 bits per heavy atom. The summed E-state index contributed by atoms with van der Waals surface area (Å²) in [5.74, 6) is -0.564. The molecule has 17 heavy (non-hydrogen) atoms. The number of carbonyl (C=O) groups is 2. The van der Waals surface area contributed by atoms with Gasteiger partial charge in [0.15, 0.2) is 0 Å². The van der Waals surface area contributed by atoms with Gasteiger partial charge in [-0.2, -0.15) is 0 Å². The van der Waals surface area contributed by atoms with Crippen LogP contribution in [0.5, 0.6) is 0 Å². The van der Waals surface area contributed by atoms with Crippen LogP contribution >= 0.6 is 0 Å². The maximum atomic E-state index is 11.8. The van der Waals surface area contributed by atoms with Crippen molar-refractivity contribution in [3.05, 3.63) is 0 Å². The molecule has 2 fully saturated rings. The molecule has 1 amide bonds. The number of carboxylic acid groups (broad SMARTS) is 1. The van der Waals surface area contributed by atoms with E-state index in [1.165, 1.54) is 12.8 Å². The van der Waals surface area contributed by atoms with Gasteiger partial charge in [0.1, 0.15) is 0 Å². The normalized spacial score (nSPS) is 29.4. The van der Waals surface area contributed by atoms with Crippen LogP contribution in [-0.2, 0) is 9.59 Å². The zero-order valence-electron chi connectivity index (χ0n) is 10.2. The number of carbonyl (C=O) groups excluding carboxylic acids is 1. The highest BCUT2D eigenvalue weighted by molar-refractivity contribution is 5.78. The van der Waals surface area contributed by atoms with Crippen molar-refractivity contribution in [2.75, 3.05) is 0 Å². The molecule has 96 valence electrons. The first-order chi connectivity index (χ1) is 8.16. The highest BCUT2D eigenvalue weighted by Gasteiger charge is 2.34. The van der Waals surface area contributed by atoms with E-state index in [1.54, 1.807) is 0 Å². The van der Waals surface area contributed by atoms with Gasteiger partial charge in [0.05, 0.1) is 5.92 Å². The van der Waals surface area contributed by atoms with Crippen LogP contribution in [0.2, 0.25) is 0 Å². The van der Waals surface area contributed by atoms with Gasteiger partial charge in [-0.25, -0.2) is 0 Å². The zero-order valence-corrected chi connectivity index (χ0v) is 10.2. The van der Waals surface area contributed by atoms with E-state index in [0.29, 0.717) is 18.8 Å². The van der Waals surface area contributed by atoms with E-state index in [1.807, 2.05) is 0 Å². The van der Waals surface area contributed by atoms with Crippen LogP contribution in [0.1, 0.15) is 51.4 Å². The molecule has 2 aliphatic carbocycles. The highest BCUT2D eigenvalue weighted by Crippen LogP contribution is 2.29. The largest absolute Gasteiger partial charge is 0.481 e. The topological polar surface area (TPSA) is 66.4 Å². The molecular weight excluding hydrogens is 218 g/mol. The predicted octanol–water partition coefficient (Wildman–Crippen LogP) is 1.94. The SMILES string of the molecule is O=C(CC1CCCC1)NC1CCCC1C(=O)O. The molecule has 2 N–H and O–H groups in total. The van der Waals surface area contributed by atoms with Crippen LogP contribution in [0.25, 0.3) is 0 Å². The molecule has 2 atom stereocenters. The lowest BCUT2D eigenvalue weighted by Gasteiger charge is -2.18. The lowest BCUT2D eigenvalue weighted by Crippen LogP contribution is -2.40. The molecular formula is C13H21NO3. The molecule has 2 aliphatic rings. The van der Waals surface area contributed by atoms with E-state index in [9.17, 15) is 9.59 Å². The van der Waals surface area contributed by atoms with E-state index in [0.717, 1.165) is 25.7 Å². The predicted molar refractivity (Wildman–Crippen MR) is 63.5 cm³/mol. The minimum absolute atomic E-state index is 0.0510. The van der Waals surface area contributed by atoms with Crippen molar-refractivity contribution in [2.24, 2.45) is 11.8 Å². The first kappa shape index (κ1) is 12.4. The molecule has 2 saturated carbocycles. The first-order valence-electron chi connectivity index (χ1n) is 6.69. The third kappa shape index (κ3) is 3.20. The summed E-state index contributed by atoms with van der Waals surface area (Å²) in [7, 11) is 0. The van der Waals surface area contributed by atoms with Crippen molar-refractivity contribution >= 4 is 11.9 Å². The van der Waals surface area contributed by atoms with Crippen molar-refractivity contribution in [3.63, 3.8) is 0 Å². The third-order valence-corrected chi connectivity index (χ3v) is 4.13. The van der Waals surface area contributed by atoms with Crippen LogP contribution in [0.4, 0.5) is 0 Å². The van der Waals surface area contributed by atoms with Crippen LogP contribution in [-0.4, -0.2) is 23.0 Å². The smallest absolute Gasteiger partial charge is 0.308 e. The second-order valence-electron chi connectivity index (χ2n) is 5.40. The Morgan fingerprint density at radius 1 is 1.06 bits per heavy atom. The molecule has 0 aliphatic heterocycles. The summed E-state index contributed by atoms with van der Waals surface area (Å²) in [6.45, 7) is 0. The molecule has 2 unspecified atom stereocenters. The van der Waals surface area contributed by atoms with Crippen molar-refractivity contribution in [3.8, 4) is 0 Å². The van der Waals surface area contributed by atoms with E-state index in [-0.39, 0.29) is 17.9 Å². The second kappa shape index (κ2) is 5.52. The highest BCUT2D eigenvalue weighted by atomic mass is 16.4. The molecule has 4 heteroatoms. The second-order valence-corrected chi connectivity index (χ2v) is 5.40. The number of amides is 1. The fourth-order valence-electron chi connectivity index (χ4n) is 3.17. The van der Waals surface area contributed by atoms with Gasteiger partial charge in [-0.3, -0.25) is 9.59 Å². The molecule has 0 bridgehead atoms. The molecule has 0 radical (unpaired) electrons. The van der Waals surface area contributed by atoms with Crippen molar-refractivity contribution < 1.29 is 14.7 Å². The maximum absolute atomic E-state index is 11.8. The summed E-state index contributed by atoms with van der Waals surface area (Å²) in [5, 5.41) is 11.9. The van der Waals surface area contributed by atoms with Gasteiger partial charge in [0, 0.05) is 12.5 Å². The summed E-state index contributed by atoms with van der Waals surface area (Å²) in [5.41, 5.74) is 0. The fraction of sp³-hybridized carbons (Fsp3) is 0.846. The fourth-order valence-corrected chi connectivity index (χ4v) is 3.17. The molecule has 0 aromatic heterocycles. The summed E-state index contributed by atoms with van der Waals surface area (Å²) >= 11 is 0. The first-order valence-corrected chi connectivity index (χ1v) is 6.69. The lowest BCUT2D eigenvalue weighted by atomic mass is 10.0. The molecule has 2 rings (SSSR count). The van der Waals surface area contributed by atoms with E-state index < -0.39 is 5.97 Å². The average Bonchev–Trinajstić information content (AvgIpc) is 2.88. The van der Waals surface area contributed by atoms with Crippen molar-refractivity contribution in [1.82, 2.24) is 5.32 Å². The van der Waals surface area contributed by atoms with E-state index >= 15 is 0 Å². The minimum atomic E-state index is -0.770. The van der Waals surface area contributed by atoms with Crippen LogP contribution in [0.15, 0.2) is 0 Å². The van der Waals surface area contributed by atoms with Gasteiger partial charge >= 0.3 is 5.97 Å². The van der Waals surface area contributed by atoms with Crippen molar-refractivity contribution in [2.45, 2.75) is 57.4 Å². The Balaban J connectivity index is 1.79. The Hall–Kier alpha value is -1.06. The number of hydrogen-bond acceptors (Lipinski definition) is 2. The molecule has 0 saturated heterocycles. The molecule has 4 nitrogen and oxygen atoms in total. The maximum Gasteiger partial charge on any atom is 0.308 e. The van der Waals surface area contributed by atoms with Gasteiger partial charge in [-0.15, -0.1) is 0 Å². The number of hydrogen-bond donors (Lipinski definition) is 2. The molecule has 0 aromatic rings. The minimum Gasteiger partial charge on any atom is -0.481 e. The number of nitrogens with one attached hydrogen (secondary N) is 1. The summed E-state index contributed by atoms with van der Waals surface area (Å²) in [6, 6.07) is -0.138. The molecule has 0 spiro atoms. The van der Waals surface area contributed by atoms with E-state index in [2.05, 4.69) is 5.32 Å². The van der Waals surface area contributed by atoms with Gasteiger partial charge < -0.3 is 10.4 Å². The Morgan fingerprint density at radius 3 is 2.41 bits per heavy atom. The Bertz CT molecular complexity index is 297. The standard InChI is InChI=1S/C13H21NO3/c15-12(8-9-4-1-2-5-9)14-11-7-3-6-10(11)13(16)17/h9-11H,1-8H2,(H,14,15)(H,16,17). The number of carboxylic acids is 1. The van der Waals surface area contributed by atoms with Gasteiger partial charge in [-0.1, -0.05) is 19.3 Å². The summed E-state index contributed by atoms with van der Waals surface area (Å²) in [6.07, 6.45) is 7.78. The monoisotopic (exact) mass is 239 g/mol. The van der Waals surface area contributed by atoms with Crippen molar-refractivity contribution in [1.29, 1.82) is 0 Å². The third-order valence-electron chi connectivity index (χ3n) is 4.13. The van der Waals surface area contributed by atoms with Crippen LogP contribution < -0.4 is 5.32 Å². The Labute approximate surface area is 102 Å². The average molecular weight is 239 g/mol. The van der Waals surface area contributed by atoms with Gasteiger partial charge in [0.2, 0.25) is 5.91 Å². The lowest BCUT2D eigenvalue weighted by molar-refractivity contribution is -0.142. The quantitative estimate of drug-likeness (QED) is 0.787. The molecule has 0 heterocycles. The summed E-state index contributed by atoms with van der Waals surface area (Å²) in [4.78, 5) is 22.8. The summed E-state index contributed by atoms with van der Waals surface area (Å²) < 4.78 is 0. The van der Waals surface area contributed by atoms with E-state index in [4.69, 9.17) is 5.11 Å². The number of rotatable bonds is 4. The van der Waals surface area contributed by atoms with Gasteiger partial charge in [-0.05, 0) is 31.6 Å². The molecule has 0 aromatic carbocycles. The van der Waals surface area contributed by atoms with Crippen LogP contribution in [0, 0.1) is 11.8 Å². The van der Waals surface area contributed by atoms with Gasteiger partial charge in [0.25, 0.3) is 0 Å².